The van der Waals surface area contributed by atoms with Crippen LogP contribution in [0.4, 0.5) is 16.4 Å². The molecule has 0 unspecified atom stereocenters. The van der Waals surface area contributed by atoms with E-state index in [4.69, 9.17) is 4.74 Å². The second kappa shape index (κ2) is 7.83. The van der Waals surface area contributed by atoms with E-state index in [1.165, 1.54) is 0 Å². The third-order valence-electron chi connectivity index (χ3n) is 3.89. The largest absolute Gasteiger partial charge is 0.489 e. The normalized spacial score (nSPS) is 14.5. The lowest BCUT2D eigenvalue weighted by Gasteiger charge is -2.34. The number of rotatable bonds is 4. The zero-order valence-electron chi connectivity index (χ0n) is 14.6. The second-order valence-corrected chi connectivity index (χ2v) is 6.12. The number of aromatic nitrogens is 2. The fourth-order valence-corrected chi connectivity index (χ4v) is 2.68. The minimum atomic E-state index is -0.117. The van der Waals surface area contributed by atoms with Gasteiger partial charge in [-0.25, -0.2) is 14.8 Å². The van der Waals surface area contributed by atoms with Crippen molar-refractivity contribution in [1.82, 2.24) is 14.9 Å². The van der Waals surface area contributed by atoms with Crippen LogP contribution >= 0.6 is 0 Å². The highest BCUT2D eigenvalue weighted by atomic mass is 16.5. The molecule has 0 atom stereocenters. The molecule has 7 nitrogen and oxygen atoms in total. The smallest absolute Gasteiger partial charge is 0.322 e. The number of hydrogen-bond donors (Lipinski definition) is 1. The zero-order chi connectivity index (χ0) is 17.6. The van der Waals surface area contributed by atoms with Gasteiger partial charge in [0.15, 0.2) is 0 Å². The van der Waals surface area contributed by atoms with E-state index >= 15 is 0 Å². The maximum Gasteiger partial charge on any atom is 0.322 e. The number of nitrogens with one attached hydrogen (secondary N) is 1. The lowest BCUT2D eigenvalue weighted by Crippen LogP contribution is -2.50. The molecule has 1 aromatic carbocycles. The van der Waals surface area contributed by atoms with Crippen molar-refractivity contribution < 1.29 is 9.53 Å². The summed E-state index contributed by atoms with van der Waals surface area (Å²) in [5.41, 5.74) is 0.690. The molecule has 0 bridgehead atoms. The number of amides is 2. The number of urea groups is 1. The summed E-state index contributed by atoms with van der Waals surface area (Å²) >= 11 is 0. The van der Waals surface area contributed by atoms with E-state index in [-0.39, 0.29) is 12.1 Å². The molecule has 1 aliphatic heterocycles. The van der Waals surface area contributed by atoms with Gasteiger partial charge in [-0.15, -0.1) is 0 Å². The first-order chi connectivity index (χ1) is 12.1. The average molecular weight is 341 g/mol. The van der Waals surface area contributed by atoms with Crippen LogP contribution in [-0.4, -0.2) is 53.2 Å². The molecule has 1 aromatic heterocycles. The van der Waals surface area contributed by atoms with Crippen LogP contribution in [0.15, 0.2) is 42.7 Å². The quantitative estimate of drug-likeness (QED) is 0.926. The molecule has 7 heteroatoms. The average Bonchev–Trinajstić information content (AvgIpc) is 2.64. The van der Waals surface area contributed by atoms with E-state index in [0.717, 1.165) is 0 Å². The number of hydrogen-bond acceptors (Lipinski definition) is 5. The summed E-state index contributed by atoms with van der Waals surface area (Å²) in [6.45, 7) is 6.59. The van der Waals surface area contributed by atoms with Crippen molar-refractivity contribution in [2.75, 3.05) is 36.4 Å². The zero-order valence-corrected chi connectivity index (χ0v) is 14.6. The van der Waals surface area contributed by atoms with E-state index in [1.54, 1.807) is 23.4 Å². The van der Waals surface area contributed by atoms with Crippen LogP contribution in [-0.2, 0) is 0 Å². The van der Waals surface area contributed by atoms with Gasteiger partial charge < -0.3 is 19.9 Å². The predicted molar refractivity (Wildman–Crippen MR) is 97.0 cm³/mol. The number of nitrogens with zero attached hydrogens (tertiary/aromatic N) is 4. The molecule has 132 valence electrons. The fourth-order valence-electron chi connectivity index (χ4n) is 2.68. The molecule has 1 saturated heterocycles. The highest BCUT2D eigenvalue weighted by Crippen LogP contribution is 2.25. The Labute approximate surface area is 147 Å². The first kappa shape index (κ1) is 17.0. The van der Waals surface area contributed by atoms with E-state index in [2.05, 4.69) is 20.2 Å². The van der Waals surface area contributed by atoms with Crippen molar-refractivity contribution >= 4 is 17.7 Å². The van der Waals surface area contributed by atoms with E-state index in [9.17, 15) is 4.79 Å². The molecular weight excluding hydrogens is 318 g/mol. The second-order valence-electron chi connectivity index (χ2n) is 6.12. The predicted octanol–water partition coefficient (Wildman–Crippen LogP) is 2.62. The molecular formula is C18H23N5O2. The Morgan fingerprint density at radius 1 is 1.08 bits per heavy atom. The molecule has 0 radical (unpaired) electrons. The minimum absolute atomic E-state index is 0.0486. The van der Waals surface area contributed by atoms with Gasteiger partial charge in [-0.1, -0.05) is 12.1 Å². The number of carbonyl (C=O) groups is 1. The molecule has 1 fully saturated rings. The van der Waals surface area contributed by atoms with Crippen molar-refractivity contribution in [2.24, 2.45) is 0 Å². The van der Waals surface area contributed by atoms with Gasteiger partial charge in [0.05, 0.1) is 11.8 Å². The summed E-state index contributed by atoms with van der Waals surface area (Å²) in [4.78, 5) is 25.0. The molecule has 1 aliphatic rings. The summed E-state index contributed by atoms with van der Waals surface area (Å²) in [7, 11) is 0. The molecule has 0 spiro atoms. The Morgan fingerprint density at radius 2 is 1.76 bits per heavy atom. The maximum absolute atomic E-state index is 12.6. The number of para-hydroxylation sites is 2. The SMILES string of the molecule is CC(C)Oc1ccccc1NC(=O)N1CCN(c2ncccn2)CC1. The van der Waals surface area contributed by atoms with Gasteiger partial charge in [-0.3, -0.25) is 0 Å². The topological polar surface area (TPSA) is 70.6 Å². The lowest BCUT2D eigenvalue weighted by molar-refractivity contribution is 0.207. The van der Waals surface area contributed by atoms with Crippen molar-refractivity contribution in [3.05, 3.63) is 42.7 Å². The van der Waals surface area contributed by atoms with Crippen LogP contribution in [0.2, 0.25) is 0 Å². The van der Waals surface area contributed by atoms with Gasteiger partial charge in [0.25, 0.3) is 0 Å². The van der Waals surface area contributed by atoms with Gasteiger partial charge in [-0.05, 0) is 32.0 Å². The van der Waals surface area contributed by atoms with Crippen LogP contribution in [0.1, 0.15) is 13.8 Å². The molecule has 1 N–H and O–H groups in total. The van der Waals surface area contributed by atoms with Crippen molar-refractivity contribution in [3.63, 3.8) is 0 Å². The Kier molecular flexibility index (Phi) is 5.33. The molecule has 2 heterocycles. The van der Waals surface area contributed by atoms with Crippen LogP contribution in [0.25, 0.3) is 0 Å². The van der Waals surface area contributed by atoms with Crippen molar-refractivity contribution in [1.29, 1.82) is 0 Å². The summed E-state index contributed by atoms with van der Waals surface area (Å²) in [6, 6.07) is 9.17. The number of benzene rings is 1. The summed E-state index contributed by atoms with van der Waals surface area (Å²) in [6.07, 6.45) is 3.51. The van der Waals surface area contributed by atoms with Crippen LogP contribution in [0, 0.1) is 0 Å². The van der Waals surface area contributed by atoms with E-state index < -0.39 is 0 Å². The molecule has 0 aliphatic carbocycles. The Hall–Kier alpha value is -2.83. The molecule has 0 saturated carbocycles. The van der Waals surface area contributed by atoms with Crippen LogP contribution in [0.5, 0.6) is 5.75 Å². The molecule has 25 heavy (non-hydrogen) atoms. The third-order valence-corrected chi connectivity index (χ3v) is 3.89. The number of ether oxygens (including phenoxy) is 1. The standard InChI is InChI=1S/C18H23N5O2/c1-14(2)25-16-7-4-3-6-15(16)21-18(24)23-12-10-22(11-13-23)17-19-8-5-9-20-17/h3-9,14H,10-13H2,1-2H3,(H,21,24). The first-order valence-electron chi connectivity index (χ1n) is 8.47. The highest BCUT2D eigenvalue weighted by Gasteiger charge is 2.23. The summed E-state index contributed by atoms with van der Waals surface area (Å²) in [5, 5.41) is 2.95. The monoisotopic (exact) mass is 341 g/mol. The van der Waals surface area contributed by atoms with E-state index in [1.807, 2.05) is 38.1 Å². The first-order valence-corrected chi connectivity index (χ1v) is 8.47. The summed E-state index contributed by atoms with van der Waals surface area (Å²) in [5.74, 6) is 1.39. The van der Waals surface area contributed by atoms with Crippen molar-refractivity contribution in [3.8, 4) is 5.75 Å². The van der Waals surface area contributed by atoms with Crippen LogP contribution in [0.3, 0.4) is 0 Å². The minimum Gasteiger partial charge on any atom is -0.489 e. The van der Waals surface area contributed by atoms with Gasteiger partial charge in [0.1, 0.15) is 5.75 Å². The molecule has 2 amide bonds. The van der Waals surface area contributed by atoms with Gasteiger partial charge >= 0.3 is 6.03 Å². The van der Waals surface area contributed by atoms with Gasteiger partial charge in [0, 0.05) is 38.6 Å². The number of carbonyl (C=O) groups excluding carboxylic acids is 1. The fraction of sp³-hybridized carbons (Fsp3) is 0.389. The van der Waals surface area contributed by atoms with Crippen LogP contribution < -0.4 is 15.0 Å². The highest BCUT2D eigenvalue weighted by molar-refractivity contribution is 5.91. The molecule has 3 rings (SSSR count). The number of piperazine rings is 1. The Balaban J connectivity index is 1.58. The summed E-state index contributed by atoms with van der Waals surface area (Å²) < 4.78 is 5.75. The third kappa shape index (κ3) is 4.37. The Morgan fingerprint density at radius 3 is 2.44 bits per heavy atom. The van der Waals surface area contributed by atoms with Gasteiger partial charge in [0.2, 0.25) is 5.95 Å². The van der Waals surface area contributed by atoms with E-state index in [0.29, 0.717) is 43.6 Å². The maximum atomic E-state index is 12.6. The number of anilines is 2. The Bertz CT molecular complexity index is 700. The van der Waals surface area contributed by atoms with Gasteiger partial charge in [-0.2, -0.15) is 0 Å². The lowest BCUT2D eigenvalue weighted by atomic mass is 10.3. The van der Waals surface area contributed by atoms with Crippen molar-refractivity contribution in [2.45, 2.75) is 20.0 Å². The molecule has 2 aromatic rings.